The molecule has 218 valence electrons. The van der Waals surface area contributed by atoms with Crippen LogP contribution in [0.3, 0.4) is 0 Å². The largest absolute Gasteiger partial charge is 0.495 e. The summed E-state index contributed by atoms with van der Waals surface area (Å²) in [5.41, 5.74) is 7.26. The molecule has 0 saturated carbocycles. The minimum atomic E-state index is -1.12. The van der Waals surface area contributed by atoms with Crippen LogP contribution < -0.4 is 14.8 Å². The van der Waals surface area contributed by atoms with Crippen molar-refractivity contribution >= 4 is 40.2 Å². The Morgan fingerprint density at radius 2 is 1.30 bits per heavy atom. The van der Waals surface area contributed by atoms with Crippen LogP contribution in [-0.2, 0) is 9.53 Å². The van der Waals surface area contributed by atoms with Crippen molar-refractivity contribution in [2.75, 3.05) is 19.5 Å². The first kappa shape index (κ1) is 29.5. The number of aryl methyl sites for hydroxylation is 2. The molecule has 0 saturated heterocycles. The lowest BCUT2D eigenvalue weighted by molar-refractivity contribution is -0.123. The predicted molar refractivity (Wildman–Crippen MR) is 168 cm³/mol. The zero-order chi connectivity index (χ0) is 30.7. The van der Waals surface area contributed by atoms with Crippen molar-refractivity contribution in [1.82, 2.24) is 9.97 Å². The van der Waals surface area contributed by atoms with E-state index in [1.807, 2.05) is 62.4 Å². The van der Waals surface area contributed by atoms with E-state index in [0.29, 0.717) is 33.9 Å². The topological polar surface area (TPSA) is 99.6 Å². The summed E-state index contributed by atoms with van der Waals surface area (Å²) in [6.07, 6.45) is -1.12. The number of rotatable bonds is 8. The van der Waals surface area contributed by atoms with E-state index in [1.54, 1.807) is 24.3 Å². The van der Waals surface area contributed by atoms with Gasteiger partial charge in [-0.2, -0.15) is 0 Å². The van der Waals surface area contributed by atoms with Crippen LogP contribution in [0.2, 0.25) is 5.02 Å². The third kappa shape index (κ3) is 6.44. The van der Waals surface area contributed by atoms with Crippen molar-refractivity contribution in [2.24, 2.45) is 0 Å². The summed E-state index contributed by atoms with van der Waals surface area (Å²) < 4.78 is 16.0. The van der Waals surface area contributed by atoms with Gasteiger partial charge in [0.2, 0.25) is 0 Å². The molecule has 1 N–H and O–H groups in total. The van der Waals surface area contributed by atoms with Gasteiger partial charge >= 0.3 is 5.97 Å². The van der Waals surface area contributed by atoms with Gasteiger partial charge in [-0.1, -0.05) is 71.3 Å². The van der Waals surface area contributed by atoms with Gasteiger partial charge in [-0.3, -0.25) is 4.79 Å². The number of halogens is 1. The number of esters is 1. The van der Waals surface area contributed by atoms with E-state index in [1.165, 1.54) is 27.2 Å². The minimum absolute atomic E-state index is 0.240. The highest BCUT2D eigenvalue weighted by molar-refractivity contribution is 6.32. The second-order valence-corrected chi connectivity index (χ2v) is 10.5. The molecule has 1 unspecified atom stereocenters. The Morgan fingerprint density at radius 1 is 0.744 bits per heavy atom. The summed E-state index contributed by atoms with van der Waals surface area (Å²) in [5.74, 6) is -0.494. The number of hydrogen-bond acceptors (Lipinski definition) is 7. The molecule has 0 aliphatic carbocycles. The molecule has 9 heteroatoms. The minimum Gasteiger partial charge on any atom is -0.495 e. The van der Waals surface area contributed by atoms with E-state index in [9.17, 15) is 9.59 Å². The first-order valence-corrected chi connectivity index (χ1v) is 13.9. The Balaban J connectivity index is 1.42. The monoisotopic (exact) mass is 595 g/mol. The SMILES string of the molecule is COc1cc(OC)c(NC(=O)C(C)OC(=O)c2ccc3nc(-c4ccc(C)cc4)c(-c4ccc(C)cc4)nc3c2)cc1Cl. The van der Waals surface area contributed by atoms with Crippen LogP contribution in [0.4, 0.5) is 5.69 Å². The van der Waals surface area contributed by atoms with Gasteiger partial charge in [-0.15, -0.1) is 0 Å². The third-order valence-electron chi connectivity index (χ3n) is 6.93. The lowest BCUT2D eigenvalue weighted by Crippen LogP contribution is -2.30. The molecule has 4 aromatic carbocycles. The molecule has 0 aliphatic heterocycles. The number of carbonyl (C=O) groups is 2. The zero-order valence-electron chi connectivity index (χ0n) is 24.4. The second-order valence-electron chi connectivity index (χ2n) is 10.1. The molecule has 0 bridgehead atoms. The van der Waals surface area contributed by atoms with Crippen LogP contribution in [0.25, 0.3) is 33.5 Å². The number of nitrogens with zero attached hydrogens (tertiary/aromatic N) is 2. The molecule has 8 nitrogen and oxygen atoms in total. The zero-order valence-corrected chi connectivity index (χ0v) is 25.2. The molecule has 5 rings (SSSR count). The molecule has 0 radical (unpaired) electrons. The molecule has 43 heavy (non-hydrogen) atoms. The average Bonchev–Trinajstić information content (AvgIpc) is 3.01. The molecule has 5 aromatic rings. The Kier molecular flexibility index (Phi) is 8.59. The third-order valence-corrected chi connectivity index (χ3v) is 7.23. The van der Waals surface area contributed by atoms with E-state index < -0.39 is 18.0 Å². The molecule has 1 heterocycles. The van der Waals surface area contributed by atoms with Crippen molar-refractivity contribution in [1.29, 1.82) is 0 Å². The molecule has 1 aromatic heterocycles. The normalized spacial score (nSPS) is 11.6. The van der Waals surface area contributed by atoms with Crippen LogP contribution in [-0.4, -0.2) is 42.2 Å². The molecular formula is C34H30ClN3O5. The number of ether oxygens (including phenoxy) is 3. The Labute approximate surface area is 254 Å². The maximum atomic E-state index is 13.1. The van der Waals surface area contributed by atoms with Crippen molar-refractivity contribution in [3.8, 4) is 34.0 Å². The van der Waals surface area contributed by atoms with Crippen LogP contribution in [0.1, 0.15) is 28.4 Å². The van der Waals surface area contributed by atoms with Gasteiger partial charge in [0, 0.05) is 17.2 Å². The number of carbonyl (C=O) groups excluding carboxylic acids is 2. The fourth-order valence-electron chi connectivity index (χ4n) is 4.48. The van der Waals surface area contributed by atoms with Crippen LogP contribution >= 0.6 is 11.6 Å². The number of methoxy groups -OCH3 is 2. The van der Waals surface area contributed by atoms with Crippen molar-refractivity contribution in [3.05, 3.63) is 101 Å². The Hall–Kier alpha value is -4.95. The molecule has 0 spiro atoms. The summed E-state index contributed by atoms with van der Waals surface area (Å²) >= 11 is 6.21. The van der Waals surface area contributed by atoms with Gasteiger partial charge in [-0.25, -0.2) is 14.8 Å². The Bertz CT molecular complexity index is 1820. The number of fused-ring (bicyclic) bond motifs is 1. The highest BCUT2D eigenvalue weighted by atomic mass is 35.5. The highest BCUT2D eigenvalue weighted by Crippen LogP contribution is 2.36. The van der Waals surface area contributed by atoms with Crippen LogP contribution in [0.5, 0.6) is 11.5 Å². The van der Waals surface area contributed by atoms with E-state index >= 15 is 0 Å². The maximum Gasteiger partial charge on any atom is 0.338 e. The quantitative estimate of drug-likeness (QED) is 0.186. The van der Waals surface area contributed by atoms with Crippen molar-refractivity contribution in [2.45, 2.75) is 26.9 Å². The van der Waals surface area contributed by atoms with E-state index in [0.717, 1.165) is 27.9 Å². The van der Waals surface area contributed by atoms with E-state index in [4.69, 9.17) is 35.8 Å². The fourth-order valence-corrected chi connectivity index (χ4v) is 4.72. The predicted octanol–water partition coefficient (Wildman–Crippen LogP) is 7.44. The average molecular weight is 596 g/mol. The van der Waals surface area contributed by atoms with Gasteiger partial charge in [-0.05, 0) is 45.0 Å². The number of benzene rings is 4. The van der Waals surface area contributed by atoms with Gasteiger partial charge in [0.1, 0.15) is 11.5 Å². The van der Waals surface area contributed by atoms with Crippen molar-refractivity contribution in [3.63, 3.8) is 0 Å². The highest BCUT2D eigenvalue weighted by Gasteiger charge is 2.22. The van der Waals surface area contributed by atoms with Gasteiger partial charge < -0.3 is 19.5 Å². The number of aromatic nitrogens is 2. The lowest BCUT2D eigenvalue weighted by atomic mass is 10.0. The number of nitrogens with one attached hydrogen (secondary N) is 1. The van der Waals surface area contributed by atoms with Gasteiger partial charge in [0.15, 0.2) is 6.10 Å². The summed E-state index contributed by atoms with van der Waals surface area (Å²) in [4.78, 5) is 35.9. The smallest absolute Gasteiger partial charge is 0.338 e. The molecule has 0 fully saturated rings. The molecular weight excluding hydrogens is 566 g/mol. The number of amides is 1. The standard InChI is InChI=1S/C34H30ClN3O5/c1-19-6-10-22(11-7-19)31-32(23-12-8-20(2)9-13-23)37-27-16-24(14-15-26(27)36-31)34(40)43-21(3)33(39)38-28-17-25(35)29(41-4)18-30(28)42-5/h6-18,21H,1-5H3,(H,38,39). The van der Waals surface area contributed by atoms with Gasteiger partial charge in [0.25, 0.3) is 5.91 Å². The molecule has 1 amide bonds. The summed E-state index contributed by atoms with van der Waals surface area (Å²) in [7, 11) is 2.93. The lowest BCUT2D eigenvalue weighted by Gasteiger charge is -2.16. The second kappa shape index (κ2) is 12.5. The number of anilines is 1. The summed E-state index contributed by atoms with van der Waals surface area (Å²) in [5, 5.41) is 2.98. The van der Waals surface area contributed by atoms with Crippen molar-refractivity contribution < 1.29 is 23.8 Å². The molecule has 1 atom stereocenters. The summed E-state index contributed by atoms with van der Waals surface area (Å²) in [6.45, 7) is 5.54. The first-order chi connectivity index (χ1) is 20.7. The molecule has 0 aliphatic rings. The van der Waals surface area contributed by atoms with E-state index in [-0.39, 0.29) is 10.6 Å². The summed E-state index contributed by atoms with van der Waals surface area (Å²) in [6, 6.07) is 24.2. The number of hydrogen-bond donors (Lipinski definition) is 1. The maximum absolute atomic E-state index is 13.1. The fraction of sp³-hybridized carbons (Fsp3) is 0.176. The first-order valence-electron chi connectivity index (χ1n) is 13.6. The van der Waals surface area contributed by atoms with E-state index in [2.05, 4.69) is 5.32 Å². The van der Waals surface area contributed by atoms with Crippen LogP contribution in [0.15, 0.2) is 78.9 Å². The van der Waals surface area contributed by atoms with Crippen LogP contribution in [0, 0.1) is 13.8 Å². The Morgan fingerprint density at radius 3 is 1.86 bits per heavy atom. The van der Waals surface area contributed by atoms with Gasteiger partial charge in [0.05, 0.1) is 52.9 Å².